The van der Waals surface area contributed by atoms with Crippen molar-refractivity contribution < 1.29 is 9.66 Å². The minimum atomic E-state index is -0.403. The number of ether oxygens (including phenoxy) is 1. The molecule has 0 spiro atoms. The van der Waals surface area contributed by atoms with Gasteiger partial charge in [-0.2, -0.15) is 0 Å². The molecule has 0 radical (unpaired) electrons. The maximum atomic E-state index is 10.8. The first-order chi connectivity index (χ1) is 10.0. The normalized spacial score (nSPS) is 12.0. The second-order valence-electron chi connectivity index (χ2n) is 4.89. The Balaban J connectivity index is 2.15. The lowest BCUT2D eigenvalue weighted by atomic mass is 10.1. The van der Waals surface area contributed by atoms with E-state index in [1.807, 2.05) is 31.2 Å². The van der Waals surface area contributed by atoms with Crippen molar-refractivity contribution in [2.75, 3.05) is 0 Å². The average molecular weight is 286 g/mol. The molecule has 0 unspecified atom stereocenters. The van der Waals surface area contributed by atoms with Gasteiger partial charge in [-0.15, -0.1) is 0 Å². The fourth-order valence-corrected chi connectivity index (χ4v) is 2.05. The molecular weight excluding hydrogens is 268 g/mol. The molecule has 1 atom stereocenters. The Morgan fingerprint density at radius 2 is 1.81 bits per heavy atom. The highest BCUT2D eigenvalue weighted by Crippen LogP contribution is 2.28. The molecule has 0 saturated carbocycles. The van der Waals surface area contributed by atoms with Crippen LogP contribution in [0.5, 0.6) is 11.5 Å². The fraction of sp³-hybridized carbons (Fsp3) is 0.250. The van der Waals surface area contributed by atoms with E-state index in [0.29, 0.717) is 17.1 Å². The van der Waals surface area contributed by atoms with Crippen LogP contribution in [0, 0.1) is 17.0 Å². The molecule has 0 heterocycles. The lowest BCUT2D eigenvalue weighted by Gasteiger charge is -2.11. The van der Waals surface area contributed by atoms with Gasteiger partial charge in [-0.05, 0) is 43.2 Å². The van der Waals surface area contributed by atoms with Gasteiger partial charge < -0.3 is 10.5 Å². The van der Waals surface area contributed by atoms with Gasteiger partial charge in [0.05, 0.1) is 4.92 Å². The molecule has 0 aliphatic carbocycles. The molecule has 0 amide bonds. The van der Waals surface area contributed by atoms with Gasteiger partial charge in [-0.1, -0.05) is 19.1 Å². The quantitative estimate of drug-likeness (QED) is 0.662. The van der Waals surface area contributed by atoms with Crippen LogP contribution >= 0.6 is 0 Å². The molecule has 110 valence electrons. The van der Waals surface area contributed by atoms with Gasteiger partial charge in [0, 0.05) is 17.7 Å². The molecule has 0 aromatic heterocycles. The van der Waals surface area contributed by atoms with Crippen molar-refractivity contribution in [1.82, 2.24) is 0 Å². The van der Waals surface area contributed by atoms with E-state index in [1.165, 1.54) is 6.07 Å². The van der Waals surface area contributed by atoms with E-state index in [2.05, 4.69) is 0 Å². The molecule has 2 aromatic carbocycles. The molecule has 0 saturated heterocycles. The number of nitro benzene ring substituents is 1. The summed E-state index contributed by atoms with van der Waals surface area (Å²) >= 11 is 0. The van der Waals surface area contributed by atoms with Crippen molar-refractivity contribution in [1.29, 1.82) is 0 Å². The molecule has 0 aliphatic heterocycles. The Hall–Kier alpha value is -2.40. The highest BCUT2D eigenvalue weighted by molar-refractivity contribution is 5.45. The van der Waals surface area contributed by atoms with E-state index >= 15 is 0 Å². The van der Waals surface area contributed by atoms with E-state index in [0.717, 1.165) is 12.0 Å². The van der Waals surface area contributed by atoms with Crippen molar-refractivity contribution >= 4 is 5.69 Å². The van der Waals surface area contributed by atoms with Crippen molar-refractivity contribution in [3.8, 4) is 11.5 Å². The zero-order valence-corrected chi connectivity index (χ0v) is 12.1. The lowest BCUT2D eigenvalue weighted by Crippen LogP contribution is -2.07. The van der Waals surface area contributed by atoms with E-state index in [4.69, 9.17) is 10.5 Å². The summed E-state index contributed by atoms with van der Waals surface area (Å²) in [4.78, 5) is 10.4. The van der Waals surface area contributed by atoms with Crippen LogP contribution in [0.25, 0.3) is 0 Å². The van der Waals surface area contributed by atoms with E-state index < -0.39 is 4.92 Å². The van der Waals surface area contributed by atoms with Gasteiger partial charge in [-0.3, -0.25) is 10.1 Å². The zero-order valence-electron chi connectivity index (χ0n) is 12.1. The number of nitrogens with zero attached hydrogens (tertiary/aromatic N) is 1. The first-order valence-corrected chi connectivity index (χ1v) is 6.79. The molecule has 0 bridgehead atoms. The molecule has 5 nitrogen and oxygen atoms in total. The summed E-state index contributed by atoms with van der Waals surface area (Å²) in [6.07, 6.45) is 0.877. The van der Waals surface area contributed by atoms with Crippen LogP contribution in [0.1, 0.15) is 30.5 Å². The highest BCUT2D eigenvalue weighted by atomic mass is 16.6. The van der Waals surface area contributed by atoms with Crippen LogP contribution in [0.4, 0.5) is 5.69 Å². The summed E-state index contributed by atoms with van der Waals surface area (Å²) in [5.74, 6) is 1.25. The molecule has 5 heteroatoms. The van der Waals surface area contributed by atoms with Gasteiger partial charge in [0.15, 0.2) is 0 Å². The summed E-state index contributed by atoms with van der Waals surface area (Å²) in [6, 6.07) is 12.3. The molecule has 2 N–H and O–H groups in total. The topological polar surface area (TPSA) is 78.4 Å². The molecule has 21 heavy (non-hydrogen) atoms. The number of nitrogens with two attached hydrogens (primary N) is 1. The minimum absolute atomic E-state index is 0.0284. The average Bonchev–Trinajstić information content (AvgIpc) is 2.47. The van der Waals surface area contributed by atoms with Gasteiger partial charge in [0.2, 0.25) is 0 Å². The molecule has 0 fully saturated rings. The van der Waals surface area contributed by atoms with Crippen molar-refractivity contribution in [3.05, 3.63) is 63.7 Å². The maximum Gasteiger partial charge on any atom is 0.272 e. The van der Waals surface area contributed by atoms with Crippen LogP contribution in [0.15, 0.2) is 42.5 Å². The number of nitro groups is 1. The molecule has 2 aromatic rings. The Kier molecular flexibility index (Phi) is 4.55. The predicted molar refractivity (Wildman–Crippen MR) is 81.6 cm³/mol. The SMILES string of the molecule is CC[C@H](N)c1ccc(Oc2ccc([N+](=O)[O-])c(C)c2)cc1. The Labute approximate surface area is 123 Å². The third kappa shape index (κ3) is 3.58. The minimum Gasteiger partial charge on any atom is -0.457 e. The third-order valence-electron chi connectivity index (χ3n) is 3.35. The van der Waals surface area contributed by atoms with Gasteiger partial charge in [0.1, 0.15) is 11.5 Å². The maximum absolute atomic E-state index is 10.8. The summed E-state index contributed by atoms with van der Waals surface area (Å²) in [5.41, 5.74) is 7.68. The van der Waals surface area contributed by atoms with Crippen molar-refractivity contribution in [2.45, 2.75) is 26.3 Å². The second kappa shape index (κ2) is 6.37. The number of hydrogen-bond acceptors (Lipinski definition) is 4. The first-order valence-electron chi connectivity index (χ1n) is 6.79. The highest BCUT2D eigenvalue weighted by Gasteiger charge is 2.11. The van der Waals surface area contributed by atoms with Gasteiger partial charge >= 0.3 is 0 Å². The second-order valence-corrected chi connectivity index (χ2v) is 4.89. The van der Waals surface area contributed by atoms with Crippen molar-refractivity contribution in [3.63, 3.8) is 0 Å². The number of rotatable bonds is 5. The molecule has 0 aliphatic rings. The largest absolute Gasteiger partial charge is 0.457 e. The van der Waals surface area contributed by atoms with Gasteiger partial charge in [0.25, 0.3) is 5.69 Å². The predicted octanol–water partition coefficient (Wildman–Crippen LogP) is 4.11. The van der Waals surface area contributed by atoms with Gasteiger partial charge in [-0.25, -0.2) is 0 Å². The standard InChI is InChI=1S/C16H18N2O3/c1-3-15(17)12-4-6-13(7-5-12)21-14-8-9-16(18(19)20)11(2)10-14/h4-10,15H,3,17H2,1-2H3/t15-/m0/s1. The smallest absolute Gasteiger partial charge is 0.272 e. The van der Waals surface area contributed by atoms with Crippen LogP contribution < -0.4 is 10.5 Å². The summed E-state index contributed by atoms with van der Waals surface area (Å²) in [7, 11) is 0. The number of benzene rings is 2. The zero-order chi connectivity index (χ0) is 15.4. The number of aryl methyl sites for hydroxylation is 1. The van der Waals surface area contributed by atoms with E-state index in [9.17, 15) is 10.1 Å². The fourth-order valence-electron chi connectivity index (χ4n) is 2.05. The number of hydrogen-bond donors (Lipinski definition) is 1. The van der Waals surface area contributed by atoms with Crippen LogP contribution in [0.3, 0.4) is 0 Å². The van der Waals surface area contributed by atoms with Crippen LogP contribution in [-0.4, -0.2) is 4.92 Å². The monoisotopic (exact) mass is 286 g/mol. The Morgan fingerprint density at radius 1 is 1.19 bits per heavy atom. The first kappa shape index (κ1) is 15.0. The van der Waals surface area contributed by atoms with Crippen LogP contribution in [-0.2, 0) is 0 Å². The molecule has 2 rings (SSSR count). The van der Waals surface area contributed by atoms with Crippen molar-refractivity contribution in [2.24, 2.45) is 5.73 Å². The Morgan fingerprint density at radius 3 is 2.33 bits per heavy atom. The van der Waals surface area contributed by atoms with Crippen LogP contribution in [0.2, 0.25) is 0 Å². The Bertz CT molecular complexity index is 638. The van der Waals surface area contributed by atoms with E-state index in [-0.39, 0.29) is 11.7 Å². The summed E-state index contributed by atoms with van der Waals surface area (Å²) in [6.45, 7) is 3.73. The molecular formula is C16H18N2O3. The summed E-state index contributed by atoms with van der Waals surface area (Å²) < 4.78 is 5.70. The van der Waals surface area contributed by atoms with E-state index in [1.54, 1.807) is 19.1 Å². The third-order valence-corrected chi connectivity index (χ3v) is 3.35. The summed E-state index contributed by atoms with van der Waals surface area (Å²) in [5, 5.41) is 10.8. The lowest BCUT2D eigenvalue weighted by molar-refractivity contribution is -0.385.